The summed E-state index contributed by atoms with van der Waals surface area (Å²) in [6, 6.07) is 9.91. The van der Waals surface area contributed by atoms with Crippen LogP contribution in [0.25, 0.3) is 0 Å². The Kier molecular flexibility index (Phi) is 3.64. The van der Waals surface area contributed by atoms with Gasteiger partial charge in [0.1, 0.15) is 11.4 Å². The van der Waals surface area contributed by atoms with E-state index in [0.717, 1.165) is 4.90 Å². The van der Waals surface area contributed by atoms with Crippen molar-refractivity contribution in [1.82, 2.24) is 9.97 Å². The lowest BCUT2D eigenvalue weighted by Gasteiger charge is -2.07. The van der Waals surface area contributed by atoms with Gasteiger partial charge in [-0.3, -0.25) is 0 Å². The van der Waals surface area contributed by atoms with E-state index in [9.17, 15) is 0 Å². The Morgan fingerprint density at radius 3 is 2.62 bits per heavy atom. The molecular weight excluding hydrogens is 244 g/mol. The van der Waals surface area contributed by atoms with Gasteiger partial charge in [-0.25, -0.2) is 9.97 Å². The lowest BCUT2D eigenvalue weighted by molar-refractivity contribution is 0.398. The third-order valence-corrected chi connectivity index (χ3v) is 3.15. The summed E-state index contributed by atoms with van der Waals surface area (Å²) in [5.41, 5.74) is 0. The summed E-state index contributed by atoms with van der Waals surface area (Å²) in [4.78, 5) is 9.10. The van der Waals surface area contributed by atoms with Crippen LogP contribution in [0, 0.1) is 0 Å². The monoisotopic (exact) mass is 252 g/mol. The van der Waals surface area contributed by atoms with Gasteiger partial charge in [0.15, 0.2) is 10.9 Å². The zero-order valence-corrected chi connectivity index (χ0v) is 10.1. The van der Waals surface area contributed by atoms with E-state index in [0.29, 0.717) is 15.9 Å². The zero-order valence-electron chi connectivity index (χ0n) is 8.55. The molecule has 0 aliphatic carbocycles. The minimum absolute atomic E-state index is 0.330. The molecule has 16 heavy (non-hydrogen) atoms. The standard InChI is InChI=1S/C11H9ClN2OS/c1-15-9-10(12)13-7-14-11(9)16-8-5-3-2-4-6-8/h2-7H,1H3. The molecule has 0 amide bonds. The summed E-state index contributed by atoms with van der Waals surface area (Å²) in [6.07, 6.45) is 1.43. The summed E-state index contributed by atoms with van der Waals surface area (Å²) in [5.74, 6) is 0.512. The minimum Gasteiger partial charge on any atom is -0.491 e. The molecule has 5 heteroatoms. The summed E-state index contributed by atoms with van der Waals surface area (Å²) < 4.78 is 5.17. The number of benzene rings is 1. The lowest BCUT2D eigenvalue weighted by atomic mass is 10.4. The molecule has 0 N–H and O–H groups in total. The van der Waals surface area contributed by atoms with Crippen molar-refractivity contribution in [2.24, 2.45) is 0 Å². The van der Waals surface area contributed by atoms with E-state index < -0.39 is 0 Å². The molecule has 0 saturated heterocycles. The van der Waals surface area contributed by atoms with E-state index in [2.05, 4.69) is 9.97 Å². The van der Waals surface area contributed by atoms with Crippen molar-refractivity contribution in [3.63, 3.8) is 0 Å². The Morgan fingerprint density at radius 1 is 1.19 bits per heavy atom. The maximum Gasteiger partial charge on any atom is 0.188 e. The average molecular weight is 253 g/mol. The zero-order chi connectivity index (χ0) is 11.4. The van der Waals surface area contributed by atoms with Crippen molar-refractivity contribution in [2.75, 3.05) is 7.11 Å². The second-order valence-electron chi connectivity index (χ2n) is 2.92. The minimum atomic E-state index is 0.330. The molecule has 0 saturated carbocycles. The molecule has 82 valence electrons. The van der Waals surface area contributed by atoms with Gasteiger partial charge in [-0.05, 0) is 12.1 Å². The third-order valence-electron chi connectivity index (χ3n) is 1.89. The second kappa shape index (κ2) is 5.18. The highest BCUT2D eigenvalue weighted by molar-refractivity contribution is 7.99. The van der Waals surface area contributed by atoms with Gasteiger partial charge in [-0.1, -0.05) is 41.6 Å². The first-order valence-electron chi connectivity index (χ1n) is 4.58. The molecule has 3 nitrogen and oxygen atoms in total. The van der Waals surface area contributed by atoms with Crippen LogP contribution in [0.4, 0.5) is 0 Å². The quantitative estimate of drug-likeness (QED) is 0.786. The first-order valence-corrected chi connectivity index (χ1v) is 5.78. The Morgan fingerprint density at radius 2 is 1.94 bits per heavy atom. The number of nitrogens with zero attached hydrogens (tertiary/aromatic N) is 2. The third kappa shape index (κ3) is 2.46. The normalized spacial score (nSPS) is 10.1. The van der Waals surface area contributed by atoms with Gasteiger partial charge in [0.2, 0.25) is 0 Å². The van der Waals surface area contributed by atoms with Crippen LogP contribution in [0.2, 0.25) is 5.15 Å². The Hall–Kier alpha value is -1.26. The SMILES string of the molecule is COc1c(Cl)ncnc1Sc1ccccc1. The van der Waals surface area contributed by atoms with Crippen molar-refractivity contribution >= 4 is 23.4 Å². The van der Waals surface area contributed by atoms with E-state index in [1.807, 2.05) is 30.3 Å². The number of ether oxygens (including phenoxy) is 1. The highest BCUT2D eigenvalue weighted by Gasteiger charge is 2.11. The van der Waals surface area contributed by atoms with Gasteiger partial charge in [0, 0.05) is 4.90 Å². The molecule has 0 unspecified atom stereocenters. The van der Waals surface area contributed by atoms with E-state index >= 15 is 0 Å². The van der Waals surface area contributed by atoms with Crippen LogP contribution < -0.4 is 4.74 Å². The molecule has 1 heterocycles. The number of aromatic nitrogens is 2. The van der Waals surface area contributed by atoms with Crippen LogP contribution in [0.3, 0.4) is 0 Å². The molecule has 0 aliphatic rings. The molecule has 0 atom stereocenters. The molecular formula is C11H9ClN2OS. The Bertz CT molecular complexity index is 479. The smallest absolute Gasteiger partial charge is 0.188 e. The Labute approximate surface area is 103 Å². The Balaban J connectivity index is 2.31. The number of hydrogen-bond acceptors (Lipinski definition) is 4. The van der Waals surface area contributed by atoms with Gasteiger partial charge >= 0.3 is 0 Å². The second-order valence-corrected chi connectivity index (χ2v) is 4.34. The molecule has 0 radical (unpaired) electrons. The topological polar surface area (TPSA) is 35.0 Å². The fraction of sp³-hybridized carbons (Fsp3) is 0.0909. The molecule has 2 aromatic rings. The summed E-state index contributed by atoms with van der Waals surface area (Å²) >= 11 is 7.40. The van der Waals surface area contributed by atoms with Crippen molar-refractivity contribution < 1.29 is 4.74 Å². The molecule has 2 rings (SSSR count). The van der Waals surface area contributed by atoms with E-state index in [4.69, 9.17) is 16.3 Å². The van der Waals surface area contributed by atoms with Gasteiger partial charge in [-0.15, -0.1) is 0 Å². The lowest BCUT2D eigenvalue weighted by Crippen LogP contribution is -1.92. The number of methoxy groups -OCH3 is 1. The van der Waals surface area contributed by atoms with E-state index in [1.165, 1.54) is 18.1 Å². The fourth-order valence-corrected chi connectivity index (χ4v) is 2.34. The molecule has 1 aromatic carbocycles. The van der Waals surface area contributed by atoms with Crippen LogP contribution in [0.15, 0.2) is 46.6 Å². The van der Waals surface area contributed by atoms with Crippen LogP contribution in [-0.2, 0) is 0 Å². The maximum atomic E-state index is 5.91. The molecule has 0 fully saturated rings. The van der Waals surface area contributed by atoms with Gasteiger partial charge in [0.05, 0.1) is 7.11 Å². The summed E-state index contributed by atoms with van der Waals surface area (Å²) in [6.45, 7) is 0. The summed E-state index contributed by atoms with van der Waals surface area (Å²) in [7, 11) is 1.56. The van der Waals surface area contributed by atoms with Crippen LogP contribution in [0.1, 0.15) is 0 Å². The highest BCUT2D eigenvalue weighted by atomic mass is 35.5. The van der Waals surface area contributed by atoms with Crippen LogP contribution in [0.5, 0.6) is 5.75 Å². The number of hydrogen-bond donors (Lipinski definition) is 0. The van der Waals surface area contributed by atoms with Crippen molar-refractivity contribution in [1.29, 1.82) is 0 Å². The maximum absolute atomic E-state index is 5.91. The first kappa shape index (κ1) is 11.2. The van der Waals surface area contributed by atoms with Gasteiger partial charge < -0.3 is 4.74 Å². The first-order chi connectivity index (χ1) is 7.81. The molecule has 1 aromatic heterocycles. The van der Waals surface area contributed by atoms with Crippen LogP contribution >= 0.6 is 23.4 Å². The highest BCUT2D eigenvalue weighted by Crippen LogP contribution is 2.35. The average Bonchev–Trinajstić information content (AvgIpc) is 2.31. The van der Waals surface area contributed by atoms with Crippen molar-refractivity contribution in [3.05, 3.63) is 41.8 Å². The van der Waals surface area contributed by atoms with Gasteiger partial charge in [0.25, 0.3) is 0 Å². The molecule has 0 bridgehead atoms. The predicted octanol–water partition coefficient (Wildman–Crippen LogP) is 3.29. The fourth-order valence-electron chi connectivity index (χ4n) is 1.18. The van der Waals surface area contributed by atoms with Gasteiger partial charge in [-0.2, -0.15) is 0 Å². The van der Waals surface area contributed by atoms with Crippen molar-refractivity contribution in [2.45, 2.75) is 9.92 Å². The van der Waals surface area contributed by atoms with E-state index in [1.54, 1.807) is 7.11 Å². The molecule has 0 aliphatic heterocycles. The largest absolute Gasteiger partial charge is 0.491 e. The summed E-state index contributed by atoms with van der Waals surface area (Å²) in [5, 5.41) is 1.05. The molecule has 0 spiro atoms. The number of halogens is 1. The predicted molar refractivity (Wildman–Crippen MR) is 64.2 cm³/mol. The number of rotatable bonds is 3. The van der Waals surface area contributed by atoms with Crippen LogP contribution in [-0.4, -0.2) is 17.1 Å². The van der Waals surface area contributed by atoms with Crippen molar-refractivity contribution in [3.8, 4) is 5.75 Å². The van der Waals surface area contributed by atoms with E-state index in [-0.39, 0.29) is 0 Å².